The van der Waals surface area contributed by atoms with E-state index in [1.54, 1.807) is 0 Å². The van der Waals surface area contributed by atoms with Crippen molar-refractivity contribution in [2.75, 3.05) is 20.6 Å². The predicted molar refractivity (Wildman–Crippen MR) is 109 cm³/mol. The normalized spacial score (nSPS) is 16.8. The molecule has 0 aromatic rings. The third kappa shape index (κ3) is 7.13. The number of hydrogen-bond acceptors (Lipinski definition) is 6. The second kappa shape index (κ2) is 14.2. The quantitative estimate of drug-likeness (QED) is 0.173. The number of halogens is 26. The minimum Gasteiger partial charge on any atom is -0.548 e. The van der Waals surface area contributed by atoms with Crippen LogP contribution in [0.4, 0.5) is 114 Å². The van der Waals surface area contributed by atoms with Crippen LogP contribution in [-0.2, 0) is 24.8 Å². The maximum atomic E-state index is 14.3. The number of rotatable bonds is 16. The number of hydrogen-bond donors (Lipinski definition) is 0. The van der Waals surface area contributed by atoms with Gasteiger partial charge in [0, 0.05) is 20.6 Å². The number of aliphatic carboxylic acids is 1. The van der Waals surface area contributed by atoms with Crippen LogP contribution in [0.15, 0.2) is 0 Å². The van der Waals surface area contributed by atoms with Crippen LogP contribution in [0, 0.1) is 0 Å². The zero-order valence-corrected chi connectivity index (χ0v) is 26.4. The minimum absolute atomic E-state index is 0. The molecule has 1 unspecified atom stereocenters. The fourth-order valence-electron chi connectivity index (χ4n) is 3.06. The van der Waals surface area contributed by atoms with Gasteiger partial charge in [-0.15, -0.1) is 0 Å². The van der Waals surface area contributed by atoms with Crippen molar-refractivity contribution < 1.29 is 160 Å². The molecule has 0 saturated carbocycles. The second-order valence-electron chi connectivity index (χ2n) is 9.77. The molecule has 0 aliphatic rings. The number of likely N-dealkylation sites (N-methyl/N-ethyl adjacent to an activating group) is 2. The average molecular weight is 902 g/mol. The number of sulfonamides is 2. The molecule has 0 aromatic carbocycles. The van der Waals surface area contributed by atoms with E-state index in [-0.39, 0.29) is 18.9 Å². The largest absolute Gasteiger partial charge is 1.00 e. The molecule has 0 spiro atoms. The number of nitrogens with zero attached hydrogens (tertiary/aromatic N) is 2. The van der Waals surface area contributed by atoms with Gasteiger partial charge in [0.25, 0.3) is 20.0 Å². The summed E-state index contributed by atoms with van der Waals surface area (Å²) in [6, 6.07) is -4.53. The van der Waals surface area contributed by atoms with Gasteiger partial charge in [-0.3, -0.25) is 0 Å². The summed E-state index contributed by atoms with van der Waals surface area (Å²) >= 11 is 0. The molecule has 8 nitrogen and oxygen atoms in total. The van der Waals surface area contributed by atoms with Crippen LogP contribution < -0.4 is 24.0 Å². The standard InChI is InChI=1S/C17H10F26N2O6S2.Li/c1-44(52(48,49)16(40,41)12(30,31)8(22,23)6(18,19)10(26,27)14(34,35)36)3-4(5(46)47)45(2)53(50,51)17(42,43)13(32,33)9(24,25)7(20,21)11(28,29)15(37,38)39;/h4H,3H2,1-2H3,(H,46,47);/q;+1/p-1. The van der Waals surface area contributed by atoms with Gasteiger partial charge >= 0.3 is 89.1 Å². The second-order valence-corrected chi connectivity index (χ2v) is 13.9. The van der Waals surface area contributed by atoms with E-state index in [0.717, 1.165) is 0 Å². The summed E-state index contributed by atoms with van der Waals surface area (Å²) in [4.78, 5) is 11.3. The third-order valence-corrected chi connectivity index (χ3v) is 10.2. The van der Waals surface area contributed by atoms with Crippen LogP contribution in [0.2, 0.25) is 0 Å². The van der Waals surface area contributed by atoms with Gasteiger partial charge in [-0.25, -0.2) is 16.8 Å². The summed E-state index contributed by atoms with van der Waals surface area (Å²) < 4.78 is 390. The molecule has 318 valence electrons. The summed E-state index contributed by atoms with van der Waals surface area (Å²) in [5.41, 5.74) is 0. The topological polar surface area (TPSA) is 115 Å². The SMILES string of the molecule is CN(CC(C(=O)[O-])N(C)S(=O)(=O)C(F)(F)C(F)(F)C(F)(F)C(F)(F)C(F)(F)C(F)(F)F)S(=O)(=O)C(F)(F)C(F)(F)C(F)(F)C(F)(F)C(F)(F)C(F)(F)F.[Li+]. The van der Waals surface area contributed by atoms with E-state index in [4.69, 9.17) is 0 Å². The molecular weight excluding hydrogens is 893 g/mol. The van der Waals surface area contributed by atoms with Crippen molar-refractivity contribution in [2.45, 2.75) is 76.3 Å². The Labute approximate surface area is 291 Å². The minimum atomic E-state index is -8.93. The van der Waals surface area contributed by atoms with E-state index >= 15 is 0 Å². The Morgan fingerprint density at radius 1 is 0.463 bits per heavy atom. The van der Waals surface area contributed by atoms with E-state index < -0.39 is 132 Å². The van der Waals surface area contributed by atoms with Gasteiger partial charge in [0.1, 0.15) is 0 Å². The summed E-state index contributed by atoms with van der Waals surface area (Å²) in [6.45, 7) is -3.37. The molecule has 0 radical (unpaired) electrons. The van der Waals surface area contributed by atoms with Crippen LogP contribution in [-0.4, -0.2) is 128 Å². The average Bonchev–Trinajstić information content (AvgIpc) is 2.92. The van der Waals surface area contributed by atoms with Crippen LogP contribution >= 0.6 is 0 Å². The van der Waals surface area contributed by atoms with Crippen molar-refractivity contribution in [3.63, 3.8) is 0 Å². The molecule has 0 bridgehead atoms. The Balaban J connectivity index is 0. The van der Waals surface area contributed by atoms with Gasteiger partial charge in [0.05, 0.1) is 12.0 Å². The van der Waals surface area contributed by atoms with Crippen molar-refractivity contribution in [2.24, 2.45) is 0 Å². The van der Waals surface area contributed by atoms with Crippen LogP contribution in [0.25, 0.3) is 0 Å². The van der Waals surface area contributed by atoms with Gasteiger partial charge < -0.3 is 9.90 Å². The maximum absolute atomic E-state index is 14.3. The molecule has 0 aromatic heterocycles. The smallest absolute Gasteiger partial charge is 0.548 e. The van der Waals surface area contributed by atoms with Gasteiger partial charge in [0.2, 0.25) is 0 Å². The van der Waals surface area contributed by atoms with E-state index in [2.05, 4.69) is 0 Å². The first-order valence-corrected chi connectivity index (χ1v) is 14.3. The Kier molecular flexibility index (Phi) is 14.2. The fourth-order valence-corrected chi connectivity index (χ4v) is 5.54. The Morgan fingerprint density at radius 2 is 0.685 bits per heavy atom. The van der Waals surface area contributed by atoms with Gasteiger partial charge in [-0.1, -0.05) is 0 Å². The molecule has 54 heavy (non-hydrogen) atoms. The summed E-state index contributed by atoms with van der Waals surface area (Å²) in [5, 5.41) is -5.40. The molecule has 0 aliphatic heterocycles. The molecule has 0 amide bonds. The Hall–Kier alpha value is -1.93. The molecule has 0 aliphatic carbocycles. The zero-order chi connectivity index (χ0) is 44.0. The van der Waals surface area contributed by atoms with Crippen LogP contribution in [0.3, 0.4) is 0 Å². The molecule has 0 rings (SSSR count). The van der Waals surface area contributed by atoms with E-state index in [1.807, 2.05) is 0 Å². The molecule has 0 fully saturated rings. The van der Waals surface area contributed by atoms with Crippen molar-refractivity contribution in [1.82, 2.24) is 8.61 Å². The number of carboxylic acids is 1. The number of carbonyl (C=O) groups excluding carboxylic acids is 1. The van der Waals surface area contributed by atoms with E-state index in [1.165, 1.54) is 0 Å². The van der Waals surface area contributed by atoms with Crippen LogP contribution in [0.1, 0.15) is 0 Å². The molecular formula is C17H9F26LiN2O6S2. The first kappa shape index (κ1) is 54.2. The molecule has 1 atom stereocenters. The first-order chi connectivity index (χ1) is 22.4. The summed E-state index contributed by atoms with van der Waals surface area (Å²) in [7, 11) is -19.0. The van der Waals surface area contributed by atoms with Crippen molar-refractivity contribution in [1.29, 1.82) is 0 Å². The molecule has 0 heterocycles. The third-order valence-electron chi connectivity index (χ3n) is 6.39. The number of carboxylic acid groups (broad SMARTS) is 1. The van der Waals surface area contributed by atoms with Crippen molar-refractivity contribution in [3.8, 4) is 0 Å². The summed E-state index contributed by atoms with van der Waals surface area (Å²) in [6.07, 6.45) is -16.1. The van der Waals surface area contributed by atoms with E-state index in [9.17, 15) is 141 Å². The Morgan fingerprint density at radius 3 is 0.907 bits per heavy atom. The van der Waals surface area contributed by atoms with Crippen molar-refractivity contribution >= 4 is 26.0 Å². The summed E-state index contributed by atoms with van der Waals surface area (Å²) in [5.74, 6) is -73.7. The Bertz CT molecular complexity index is 1610. The predicted octanol–water partition coefficient (Wildman–Crippen LogP) is 2.02. The number of carbonyl (C=O) groups is 1. The number of alkyl halides is 26. The van der Waals surface area contributed by atoms with Gasteiger partial charge in [0.15, 0.2) is 0 Å². The van der Waals surface area contributed by atoms with Gasteiger partial charge in [-0.05, 0) is 0 Å². The van der Waals surface area contributed by atoms with E-state index in [0.29, 0.717) is 0 Å². The zero-order valence-electron chi connectivity index (χ0n) is 24.8. The molecule has 0 saturated heterocycles. The monoisotopic (exact) mass is 902 g/mol. The fraction of sp³-hybridized carbons (Fsp3) is 0.941. The molecule has 37 heteroatoms. The molecule has 0 N–H and O–H groups in total. The maximum Gasteiger partial charge on any atom is 1.00 e. The van der Waals surface area contributed by atoms with Gasteiger partial charge in [-0.2, -0.15) is 123 Å². The van der Waals surface area contributed by atoms with Crippen LogP contribution in [0.5, 0.6) is 0 Å². The van der Waals surface area contributed by atoms with Crippen molar-refractivity contribution in [3.05, 3.63) is 0 Å². The first-order valence-electron chi connectivity index (χ1n) is 11.4.